The summed E-state index contributed by atoms with van der Waals surface area (Å²) in [5.74, 6) is -0.891. The second-order valence-electron chi connectivity index (χ2n) is 6.52. The van der Waals surface area contributed by atoms with Crippen LogP contribution in [-0.2, 0) is 12.8 Å². The van der Waals surface area contributed by atoms with Gasteiger partial charge in [-0.15, -0.1) is 0 Å². The first-order valence-electron chi connectivity index (χ1n) is 8.27. The monoisotopic (exact) mass is 344 g/mol. The van der Waals surface area contributed by atoms with Crippen molar-refractivity contribution in [3.63, 3.8) is 0 Å². The highest BCUT2D eigenvalue weighted by molar-refractivity contribution is 6.36. The SMILES string of the molecule is O=C1c2ccc3c4c(ccc(c24)C(=O)N1c1cccc([N+](=O)[O-])c1)CC3. The van der Waals surface area contributed by atoms with Crippen LogP contribution in [0.1, 0.15) is 31.8 Å². The van der Waals surface area contributed by atoms with Gasteiger partial charge in [0.1, 0.15) is 0 Å². The highest BCUT2D eigenvalue weighted by atomic mass is 16.6. The highest BCUT2D eigenvalue weighted by Gasteiger charge is 2.36. The summed E-state index contributed by atoms with van der Waals surface area (Å²) in [6, 6.07) is 13.0. The minimum Gasteiger partial charge on any atom is -0.268 e. The van der Waals surface area contributed by atoms with E-state index in [0.717, 1.165) is 34.3 Å². The van der Waals surface area contributed by atoms with E-state index in [0.29, 0.717) is 16.5 Å². The van der Waals surface area contributed by atoms with Crippen molar-refractivity contribution in [2.45, 2.75) is 12.8 Å². The molecule has 0 bridgehead atoms. The molecule has 0 N–H and O–H groups in total. The number of carbonyl (C=O) groups is 2. The standard InChI is InChI=1S/C20H12N2O4/c23-19-15-8-6-11-4-5-12-7-9-16(18(15)17(11)12)20(24)21(19)13-2-1-3-14(10-13)22(25)26/h1-3,6-10H,4-5H2. The van der Waals surface area contributed by atoms with Gasteiger partial charge in [0.25, 0.3) is 17.5 Å². The van der Waals surface area contributed by atoms with Gasteiger partial charge < -0.3 is 0 Å². The van der Waals surface area contributed by atoms with Crippen molar-refractivity contribution in [1.29, 1.82) is 0 Å². The van der Waals surface area contributed by atoms with Crippen molar-refractivity contribution in [3.8, 4) is 0 Å². The fraction of sp³-hybridized carbons (Fsp3) is 0.100. The normalized spacial score (nSPS) is 15.0. The minimum atomic E-state index is -0.544. The number of non-ortho nitro benzene ring substituents is 1. The number of rotatable bonds is 2. The Morgan fingerprint density at radius 2 is 1.46 bits per heavy atom. The second kappa shape index (κ2) is 4.98. The number of carbonyl (C=O) groups excluding carboxylic acids is 2. The molecule has 3 aromatic carbocycles. The molecular formula is C20H12N2O4. The molecule has 5 rings (SSSR count). The van der Waals surface area contributed by atoms with E-state index in [1.165, 1.54) is 24.3 Å². The summed E-state index contributed by atoms with van der Waals surface area (Å²) in [4.78, 5) is 37.7. The zero-order valence-corrected chi connectivity index (χ0v) is 13.6. The van der Waals surface area contributed by atoms with Crippen LogP contribution >= 0.6 is 0 Å². The third-order valence-corrected chi connectivity index (χ3v) is 5.16. The Balaban J connectivity index is 1.75. The average molecular weight is 344 g/mol. The molecule has 0 unspecified atom stereocenters. The van der Waals surface area contributed by atoms with Crippen LogP contribution in [0.15, 0.2) is 48.5 Å². The number of imide groups is 1. The highest BCUT2D eigenvalue weighted by Crippen LogP contribution is 2.39. The summed E-state index contributed by atoms with van der Waals surface area (Å²) in [7, 11) is 0. The van der Waals surface area contributed by atoms with Crippen LogP contribution < -0.4 is 4.90 Å². The topological polar surface area (TPSA) is 80.5 Å². The van der Waals surface area contributed by atoms with E-state index < -0.39 is 16.7 Å². The van der Waals surface area contributed by atoms with Crippen molar-refractivity contribution < 1.29 is 14.5 Å². The number of aryl methyl sites for hydroxylation is 2. The Bertz CT molecular complexity index is 1110. The number of nitro groups is 1. The number of benzene rings is 3. The van der Waals surface area contributed by atoms with Gasteiger partial charge in [-0.25, -0.2) is 4.90 Å². The fourth-order valence-corrected chi connectivity index (χ4v) is 4.00. The molecule has 0 saturated heterocycles. The third-order valence-electron chi connectivity index (χ3n) is 5.16. The largest absolute Gasteiger partial charge is 0.271 e. The first-order valence-corrected chi connectivity index (χ1v) is 8.27. The van der Waals surface area contributed by atoms with Crippen LogP contribution in [0.5, 0.6) is 0 Å². The average Bonchev–Trinajstić information content (AvgIpc) is 3.07. The molecule has 0 spiro atoms. The van der Waals surface area contributed by atoms with Gasteiger partial charge in [0.15, 0.2) is 0 Å². The zero-order chi connectivity index (χ0) is 18.0. The molecule has 6 heteroatoms. The lowest BCUT2D eigenvalue weighted by atomic mass is 9.91. The lowest BCUT2D eigenvalue weighted by Gasteiger charge is -2.27. The van der Waals surface area contributed by atoms with Crippen LogP contribution in [0, 0.1) is 10.1 Å². The van der Waals surface area contributed by atoms with E-state index in [9.17, 15) is 19.7 Å². The molecule has 26 heavy (non-hydrogen) atoms. The smallest absolute Gasteiger partial charge is 0.268 e. The summed E-state index contributed by atoms with van der Waals surface area (Å²) in [5, 5.41) is 12.8. The van der Waals surface area contributed by atoms with Gasteiger partial charge in [0.05, 0.1) is 10.6 Å². The maximum atomic E-state index is 13.1. The predicted octanol–water partition coefficient (Wildman–Crippen LogP) is 3.65. The van der Waals surface area contributed by atoms with Crippen LogP contribution in [0.3, 0.4) is 0 Å². The van der Waals surface area contributed by atoms with Crippen LogP contribution in [0.2, 0.25) is 0 Å². The molecule has 0 atom stereocenters. The maximum absolute atomic E-state index is 13.1. The van der Waals surface area contributed by atoms with Crippen LogP contribution in [0.4, 0.5) is 11.4 Å². The summed E-state index contributed by atoms with van der Waals surface area (Å²) >= 11 is 0. The van der Waals surface area contributed by atoms with Crippen molar-refractivity contribution in [1.82, 2.24) is 0 Å². The summed E-state index contributed by atoms with van der Waals surface area (Å²) in [6.45, 7) is 0. The van der Waals surface area contributed by atoms with Crippen molar-refractivity contribution in [2.24, 2.45) is 0 Å². The molecule has 1 heterocycles. The lowest BCUT2D eigenvalue weighted by Crippen LogP contribution is -2.40. The van der Waals surface area contributed by atoms with Gasteiger partial charge in [0.2, 0.25) is 0 Å². The number of hydrogen-bond donors (Lipinski definition) is 0. The molecular weight excluding hydrogens is 332 g/mol. The van der Waals surface area contributed by atoms with Crippen molar-refractivity contribution >= 4 is 34.0 Å². The molecule has 2 aliphatic rings. The fourth-order valence-electron chi connectivity index (χ4n) is 4.00. The molecule has 0 aromatic heterocycles. The van der Waals surface area contributed by atoms with E-state index in [1.807, 2.05) is 12.1 Å². The Kier molecular flexibility index (Phi) is 2.83. The van der Waals surface area contributed by atoms with Gasteiger partial charge in [-0.1, -0.05) is 18.2 Å². The van der Waals surface area contributed by atoms with Gasteiger partial charge >= 0.3 is 0 Å². The summed E-state index contributed by atoms with van der Waals surface area (Å²) in [5.41, 5.74) is 3.29. The molecule has 6 nitrogen and oxygen atoms in total. The summed E-state index contributed by atoms with van der Waals surface area (Å²) < 4.78 is 0. The Hall–Kier alpha value is -3.54. The van der Waals surface area contributed by atoms with Crippen molar-refractivity contribution in [3.05, 3.63) is 80.9 Å². The first kappa shape index (κ1) is 14.8. The lowest BCUT2D eigenvalue weighted by molar-refractivity contribution is -0.384. The molecule has 3 aromatic rings. The number of nitrogens with zero attached hydrogens (tertiary/aromatic N) is 2. The molecule has 126 valence electrons. The summed E-state index contributed by atoms with van der Waals surface area (Å²) in [6.07, 6.45) is 1.82. The minimum absolute atomic E-state index is 0.164. The van der Waals surface area contributed by atoms with Crippen molar-refractivity contribution in [2.75, 3.05) is 4.90 Å². The first-order chi connectivity index (χ1) is 12.6. The molecule has 1 aliphatic heterocycles. The van der Waals surface area contributed by atoms with E-state index >= 15 is 0 Å². The van der Waals surface area contributed by atoms with Gasteiger partial charge in [-0.05, 0) is 47.6 Å². The number of amides is 2. The van der Waals surface area contributed by atoms with E-state index in [4.69, 9.17) is 0 Å². The van der Waals surface area contributed by atoms with E-state index in [-0.39, 0.29) is 11.4 Å². The van der Waals surface area contributed by atoms with E-state index in [1.54, 1.807) is 12.1 Å². The van der Waals surface area contributed by atoms with Gasteiger partial charge in [0, 0.05) is 28.6 Å². The molecule has 0 fully saturated rings. The van der Waals surface area contributed by atoms with Crippen LogP contribution in [-0.4, -0.2) is 16.7 Å². The maximum Gasteiger partial charge on any atom is 0.271 e. The number of anilines is 1. The zero-order valence-electron chi connectivity index (χ0n) is 13.6. The Morgan fingerprint density at radius 3 is 2.04 bits per heavy atom. The Morgan fingerprint density at radius 1 is 0.846 bits per heavy atom. The van der Waals surface area contributed by atoms with E-state index in [2.05, 4.69) is 0 Å². The van der Waals surface area contributed by atoms with Gasteiger partial charge in [-0.2, -0.15) is 0 Å². The van der Waals surface area contributed by atoms with Crippen LogP contribution in [0.25, 0.3) is 10.8 Å². The molecule has 1 aliphatic carbocycles. The predicted molar refractivity (Wildman–Crippen MR) is 95.6 cm³/mol. The quantitative estimate of drug-likeness (QED) is 0.404. The molecule has 2 amide bonds. The number of hydrogen-bond acceptors (Lipinski definition) is 4. The molecule has 0 saturated carbocycles. The third kappa shape index (κ3) is 1.81. The Labute approximate surface area is 147 Å². The molecule has 0 radical (unpaired) electrons. The second-order valence-corrected chi connectivity index (χ2v) is 6.52. The number of nitro benzene ring substituents is 1. The van der Waals surface area contributed by atoms with Gasteiger partial charge in [-0.3, -0.25) is 19.7 Å².